The van der Waals surface area contributed by atoms with E-state index in [1.54, 1.807) is 41.3 Å². The molecule has 8 nitrogen and oxygen atoms in total. The predicted molar refractivity (Wildman–Crippen MR) is 136 cm³/mol. The molecule has 0 atom stereocenters. The van der Waals surface area contributed by atoms with Crippen molar-refractivity contribution < 1.29 is 28.7 Å². The quantitative estimate of drug-likeness (QED) is 0.270. The molecule has 2 aliphatic heterocycles. The van der Waals surface area contributed by atoms with Crippen LogP contribution in [0.4, 0.5) is 4.79 Å². The maximum absolute atomic E-state index is 12.8. The highest BCUT2D eigenvalue weighted by molar-refractivity contribution is 9.10. The van der Waals surface area contributed by atoms with Crippen molar-refractivity contribution in [2.24, 2.45) is 0 Å². The molecule has 2 heterocycles. The Morgan fingerprint density at radius 2 is 1.83 bits per heavy atom. The van der Waals surface area contributed by atoms with Gasteiger partial charge in [-0.1, -0.05) is 11.6 Å². The molecule has 0 unspecified atom stereocenters. The first-order chi connectivity index (χ1) is 16.8. The van der Waals surface area contributed by atoms with E-state index in [0.29, 0.717) is 33.7 Å². The van der Waals surface area contributed by atoms with Gasteiger partial charge in [-0.05, 0) is 88.6 Å². The minimum atomic E-state index is -0.600. The Hall–Kier alpha value is -2.82. The molecule has 11 heteroatoms. The van der Waals surface area contributed by atoms with Crippen LogP contribution in [0.1, 0.15) is 28.8 Å². The third-order valence-corrected chi connectivity index (χ3v) is 7.20. The van der Waals surface area contributed by atoms with E-state index in [1.165, 1.54) is 13.2 Å². The van der Waals surface area contributed by atoms with Crippen LogP contribution in [-0.2, 0) is 9.59 Å². The molecule has 0 bridgehead atoms. The number of thioether (sulfide) groups is 1. The van der Waals surface area contributed by atoms with Crippen LogP contribution < -0.4 is 9.47 Å². The van der Waals surface area contributed by atoms with Crippen LogP contribution >= 0.6 is 39.3 Å². The lowest BCUT2D eigenvalue weighted by Crippen LogP contribution is -2.40. The number of nitrogens with zero attached hydrogens (tertiary/aromatic N) is 2. The molecule has 2 aliphatic rings. The molecule has 0 spiro atoms. The number of halogens is 2. The minimum Gasteiger partial charge on any atom is -0.493 e. The van der Waals surface area contributed by atoms with Crippen LogP contribution in [0, 0.1) is 0 Å². The van der Waals surface area contributed by atoms with Gasteiger partial charge in [0.25, 0.3) is 11.1 Å². The lowest BCUT2D eigenvalue weighted by molar-refractivity contribution is -0.135. The number of ether oxygens (including phenoxy) is 2. The topological polar surface area (TPSA) is 93.2 Å². The molecule has 35 heavy (non-hydrogen) atoms. The van der Waals surface area contributed by atoms with Crippen LogP contribution in [0.25, 0.3) is 6.08 Å². The number of carbonyl (C=O) groups excluding carboxylic acids is 4. The number of imide groups is 1. The second-order valence-corrected chi connectivity index (χ2v) is 10.1. The van der Waals surface area contributed by atoms with E-state index in [2.05, 4.69) is 15.9 Å². The Labute approximate surface area is 219 Å². The molecule has 0 aliphatic carbocycles. The third kappa shape index (κ3) is 5.71. The van der Waals surface area contributed by atoms with Crippen molar-refractivity contribution in [3.63, 3.8) is 0 Å². The highest BCUT2D eigenvalue weighted by Crippen LogP contribution is 2.39. The first-order valence-corrected chi connectivity index (χ1v) is 12.6. The normalized spacial score (nSPS) is 16.8. The van der Waals surface area contributed by atoms with Crippen molar-refractivity contribution >= 4 is 68.4 Å². The van der Waals surface area contributed by atoms with Crippen LogP contribution in [0.2, 0.25) is 5.02 Å². The number of amides is 3. The number of esters is 1. The molecular weight excluding hydrogens is 560 g/mol. The standard InChI is InChI=1S/C24H20BrClN2O6S/c1-33-18-11-14(10-17(25)21(18)34-23(31)15-4-6-16(26)7-5-15)12-19-22(30)28(24(32)35-19)13-20(29)27-8-2-3-9-27/h4-7,10-12H,2-3,8-9,13H2,1H3/b19-12-. The van der Waals surface area contributed by atoms with Gasteiger partial charge in [0, 0.05) is 18.1 Å². The molecule has 0 saturated carbocycles. The van der Waals surface area contributed by atoms with E-state index in [4.69, 9.17) is 21.1 Å². The summed E-state index contributed by atoms with van der Waals surface area (Å²) in [7, 11) is 1.42. The van der Waals surface area contributed by atoms with Gasteiger partial charge in [0.2, 0.25) is 5.91 Å². The maximum Gasteiger partial charge on any atom is 0.343 e. The van der Waals surface area contributed by atoms with Crippen LogP contribution in [-0.4, -0.2) is 59.6 Å². The van der Waals surface area contributed by atoms with Crippen molar-refractivity contribution in [2.75, 3.05) is 26.7 Å². The summed E-state index contributed by atoms with van der Waals surface area (Å²) in [6.07, 6.45) is 3.38. The third-order valence-electron chi connectivity index (χ3n) is 5.45. The van der Waals surface area contributed by atoms with Crippen molar-refractivity contribution in [3.05, 3.63) is 61.9 Å². The summed E-state index contributed by atoms with van der Waals surface area (Å²) in [5.74, 6) is -0.953. The maximum atomic E-state index is 12.8. The summed E-state index contributed by atoms with van der Waals surface area (Å²) in [5.41, 5.74) is 0.848. The van der Waals surface area contributed by atoms with Crippen LogP contribution in [0.15, 0.2) is 45.8 Å². The van der Waals surface area contributed by atoms with E-state index in [-0.39, 0.29) is 28.9 Å². The molecular formula is C24H20BrClN2O6S. The highest BCUT2D eigenvalue weighted by Gasteiger charge is 2.37. The largest absolute Gasteiger partial charge is 0.493 e. The first-order valence-electron chi connectivity index (χ1n) is 10.6. The second kappa shape index (κ2) is 10.8. The lowest BCUT2D eigenvalue weighted by Gasteiger charge is -2.18. The molecule has 2 aromatic rings. The van der Waals surface area contributed by atoms with Crippen molar-refractivity contribution in [1.29, 1.82) is 0 Å². The number of benzene rings is 2. The highest BCUT2D eigenvalue weighted by atomic mass is 79.9. The van der Waals surface area contributed by atoms with E-state index < -0.39 is 17.1 Å². The number of carbonyl (C=O) groups is 4. The summed E-state index contributed by atoms with van der Waals surface area (Å²) >= 11 is 10.0. The van der Waals surface area contributed by atoms with Gasteiger partial charge in [-0.15, -0.1) is 0 Å². The van der Waals surface area contributed by atoms with E-state index in [1.807, 2.05) is 0 Å². The fourth-order valence-corrected chi connectivity index (χ4v) is 5.15. The average Bonchev–Trinajstić information content (AvgIpc) is 3.46. The summed E-state index contributed by atoms with van der Waals surface area (Å²) in [6, 6.07) is 9.47. The summed E-state index contributed by atoms with van der Waals surface area (Å²) in [6.45, 7) is 1.02. The summed E-state index contributed by atoms with van der Waals surface area (Å²) < 4.78 is 11.3. The zero-order chi connectivity index (χ0) is 25.1. The lowest BCUT2D eigenvalue weighted by atomic mass is 10.1. The molecule has 0 radical (unpaired) electrons. The van der Waals surface area contributed by atoms with Crippen LogP contribution in [0.3, 0.4) is 0 Å². The number of likely N-dealkylation sites (tertiary alicyclic amines) is 1. The Morgan fingerprint density at radius 1 is 1.14 bits per heavy atom. The van der Waals surface area contributed by atoms with Crippen molar-refractivity contribution in [2.45, 2.75) is 12.8 Å². The van der Waals surface area contributed by atoms with Gasteiger partial charge >= 0.3 is 5.97 Å². The molecule has 4 rings (SSSR count). The van der Waals surface area contributed by atoms with Gasteiger partial charge in [0.1, 0.15) is 6.54 Å². The Kier molecular flexibility index (Phi) is 7.83. The summed E-state index contributed by atoms with van der Waals surface area (Å²) in [5, 5.41) is 0.00262. The van der Waals surface area contributed by atoms with E-state index in [9.17, 15) is 19.2 Å². The minimum absolute atomic E-state index is 0.161. The van der Waals surface area contributed by atoms with Crippen molar-refractivity contribution in [1.82, 2.24) is 9.80 Å². The molecule has 0 aromatic heterocycles. The Morgan fingerprint density at radius 3 is 2.49 bits per heavy atom. The average molecular weight is 580 g/mol. The number of hydrogen-bond acceptors (Lipinski definition) is 7. The number of methoxy groups -OCH3 is 1. The Balaban J connectivity index is 1.52. The van der Waals surface area contributed by atoms with Gasteiger partial charge < -0.3 is 14.4 Å². The van der Waals surface area contributed by atoms with Gasteiger partial charge in [-0.25, -0.2) is 4.79 Å². The van der Waals surface area contributed by atoms with Crippen molar-refractivity contribution in [3.8, 4) is 11.5 Å². The van der Waals surface area contributed by atoms with E-state index >= 15 is 0 Å². The predicted octanol–water partition coefficient (Wildman–Crippen LogP) is 4.99. The number of hydrogen-bond donors (Lipinski definition) is 0. The van der Waals surface area contributed by atoms with E-state index in [0.717, 1.165) is 29.5 Å². The fraction of sp³-hybridized carbons (Fsp3) is 0.250. The monoisotopic (exact) mass is 578 g/mol. The van der Waals surface area contributed by atoms with Crippen LogP contribution in [0.5, 0.6) is 11.5 Å². The van der Waals surface area contributed by atoms with Gasteiger partial charge in [0.05, 0.1) is 22.1 Å². The van der Waals surface area contributed by atoms with Gasteiger partial charge in [-0.2, -0.15) is 0 Å². The molecule has 0 N–H and O–H groups in total. The second-order valence-electron chi connectivity index (χ2n) is 7.79. The molecule has 3 amide bonds. The fourth-order valence-electron chi connectivity index (χ4n) is 3.65. The molecule has 2 saturated heterocycles. The van der Waals surface area contributed by atoms with Gasteiger partial charge in [-0.3, -0.25) is 19.3 Å². The number of rotatable bonds is 6. The molecule has 2 aromatic carbocycles. The molecule has 2 fully saturated rings. The molecule has 182 valence electrons. The Bertz CT molecular complexity index is 1230. The summed E-state index contributed by atoms with van der Waals surface area (Å²) in [4.78, 5) is 53.0. The zero-order valence-corrected chi connectivity index (χ0v) is 21.7. The van der Waals surface area contributed by atoms with Gasteiger partial charge in [0.15, 0.2) is 11.5 Å². The SMILES string of the molecule is COc1cc(/C=C2\SC(=O)N(CC(=O)N3CCCC3)C2=O)cc(Br)c1OC(=O)c1ccc(Cl)cc1. The zero-order valence-electron chi connectivity index (χ0n) is 18.6. The smallest absolute Gasteiger partial charge is 0.343 e. The first kappa shape index (κ1) is 25.3.